The molecule has 0 saturated heterocycles. The first-order valence-corrected chi connectivity index (χ1v) is 6.29. The number of nitrogens with zero attached hydrogens (tertiary/aromatic N) is 1. The number of primary amides is 1. The van der Waals surface area contributed by atoms with Crippen LogP contribution >= 0.6 is 24.0 Å². The van der Waals surface area contributed by atoms with E-state index in [4.69, 9.17) is 22.7 Å². The van der Waals surface area contributed by atoms with Crippen LogP contribution < -0.4 is 11.2 Å². The lowest BCUT2D eigenvalue weighted by Gasteiger charge is -2.18. The van der Waals surface area contributed by atoms with E-state index in [1.54, 1.807) is 18.3 Å². The highest BCUT2D eigenvalue weighted by Crippen LogP contribution is 2.19. The Hall–Kier alpha value is -1.85. The summed E-state index contributed by atoms with van der Waals surface area (Å²) in [5.74, 6) is -1.04. The number of carbonyl (C=O) groups is 1. The molecule has 0 saturated carbocycles. The van der Waals surface area contributed by atoms with E-state index in [0.717, 1.165) is 5.56 Å². The van der Waals surface area contributed by atoms with Crippen LogP contribution in [0.1, 0.15) is 28.9 Å². The van der Waals surface area contributed by atoms with Gasteiger partial charge in [-0.1, -0.05) is 23.7 Å². The van der Waals surface area contributed by atoms with Gasteiger partial charge in [0.25, 0.3) is 5.91 Å². The Kier molecular flexibility index (Phi) is 5.52. The topological polar surface area (TPSA) is 71.9 Å². The number of aromatic nitrogens is 1. The predicted molar refractivity (Wildman–Crippen MR) is 81.3 cm³/mol. The Morgan fingerprint density at radius 2 is 1.95 bits per heavy atom. The Bertz CT molecular complexity index is 713. The number of nitrogens with one attached hydrogen (secondary N) is 1. The zero-order valence-electron chi connectivity index (χ0n) is 11.1. The molecule has 0 aliphatic carbocycles. The van der Waals surface area contributed by atoms with Crippen molar-refractivity contribution < 1.29 is 9.18 Å². The first kappa shape index (κ1) is 17.2. The van der Waals surface area contributed by atoms with Gasteiger partial charge < -0.3 is 10.3 Å². The van der Waals surface area contributed by atoms with Gasteiger partial charge in [-0.25, -0.2) is 4.39 Å². The van der Waals surface area contributed by atoms with Gasteiger partial charge in [0.2, 0.25) is 0 Å². The molecule has 0 fully saturated rings. The van der Waals surface area contributed by atoms with Gasteiger partial charge in [0.15, 0.2) is 0 Å². The summed E-state index contributed by atoms with van der Waals surface area (Å²) in [6.45, 7) is 1.83. The molecule has 21 heavy (non-hydrogen) atoms. The monoisotopic (exact) mass is 329 g/mol. The molecule has 1 atom stereocenters. The van der Waals surface area contributed by atoms with Gasteiger partial charge in [-0.2, -0.15) is 0 Å². The summed E-state index contributed by atoms with van der Waals surface area (Å²) >= 11 is 5.95. The second-order valence-electron chi connectivity index (χ2n) is 4.42. The van der Waals surface area contributed by atoms with Crippen molar-refractivity contribution >= 4 is 29.9 Å². The van der Waals surface area contributed by atoms with E-state index in [-0.39, 0.29) is 35.3 Å². The van der Waals surface area contributed by atoms with Crippen LogP contribution in [0.15, 0.2) is 36.5 Å². The first-order chi connectivity index (χ1) is 9.40. The minimum Gasteiger partial charge on any atom is -0.365 e. The fourth-order valence-electron chi connectivity index (χ4n) is 1.98. The normalized spacial score (nSPS) is 11.6. The number of amides is 1. The van der Waals surface area contributed by atoms with Crippen LogP contribution in [0.4, 0.5) is 4.39 Å². The molecule has 2 rings (SSSR count). The van der Waals surface area contributed by atoms with Gasteiger partial charge in [0.1, 0.15) is 11.3 Å². The Morgan fingerprint density at radius 1 is 1.38 bits per heavy atom. The summed E-state index contributed by atoms with van der Waals surface area (Å²) < 4.78 is 14.5. The third-order valence-corrected chi connectivity index (χ3v) is 3.30. The molecule has 1 amide bonds. The lowest BCUT2D eigenvalue weighted by atomic mass is 10.1. The number of rotatable bonds is 3. The van der Waals surface area contributed by atoms with Crippen LogP contribution in [0.2, 0.25) is 5.02 Å². The molecule has 0 aliphatic heterocycles. The highest BCUT2D eigenvalue weighted by atomic mass is 35.5. The van der Waals surface area contributed by atoms with Gasteiger partial charge >= 0.3 is 0 Å². The van der Waals surface area contributed by atoms with Crippen molar-refractivity contribution in [3.63, 3.8) is 0 Å². The van der Waals surface area contributed by atoms with Crippen LogP contribution in [0, 0.1) is 11.2 Å². The minimum absolute atomic E-state index is 0. The molecule has 1 unspecified atom stereocenters. The second-order valence-corrected chi connectivity index (χ2v) is 4.86. The zero-order chi connectivity index (χ0) is 14.9. The molecule has 1 aromatic carbocycles. The smallest absolute Gasteiger partial charge is 0.252 e. The largest absolute Gasteiger partial charge is 0.365 e. The molecular formula is C14H14Cl2FN3O. The number of pyridine rings is 1. The van der Waals surface area contributed by atoms with E-state index in [1.807, 2.05) is 6.92 Å². The van der Waals surface area contributed by atoms with Crippen molar-refractivity contribution in [2.45, 2.75) is 13.0 Å². The Morgan fingerprint density at radius 3 is 2.48 bits per heavy atom. The van der Waals surface area contributed by atoms with Crippen LogP contribution in [-0.2, 0) is 0 Å². The van der Waals surface area contributed by atoms with E-state index in [9.17, 15) is 9.18 Å². The number of nitrogens with two attached hydrogens (primary N) is 1. The molecule has 4 nitrogen and oxygen atoms in total. The molecule has 112 valence electrons. The maximum atomic E-state index is 12.9. The maximum absolute atomic E-state index is 12.9. The predicted octanol–water partition coefficient (Wildman–Crippen LogP) is 2.89. The average Bonchev–Trinajstić information content (AvgIpc) is 2.41. The van der Waals surface area contributed by atoms with Gasteiger partial charge in [-0.3, -0.25) is 10.2 Å². The molecule has 3 N–H and O–H groups in total. The van der Waals surface area contributed by atoms with Crippen LogP contribution in [0.25, 0.3) is 0 Å². The third-order valence-electron chi connectivity index (χ3n) is 3.09. The second kappa shape index (κ2) is 6.74. The average molecular weight is 330 g/mol. The van der Waals surface area contributed by atoms with Crippen LogP contribution in [-0.4, -0.2) is 10.5 Å². The molecule has 7 heteroatoms. The molecule has 0 spiro atoms. The van der Waals surface area contributed by atoms with Crippen molar-refractivity contribution in [3.05, 3.63) is 64.0 Å². The van der Waals surface area contributed by atoms with Crippen molar-refractivity contribution in [2.24, 2.45) is 5.73 Å². The molecule has 0 bridgehead atoms. The van der Waals surface area contributed by atoms with E-state index in [1.165, 1.54) is 22.8 Å². The molecular weight excluding hydrogens is 316 g/mol. The van der Waals surface area contributed by atoms with Gasteiger partial charge in [-0.05, 0) is 30.7 Å². The van der Waals surface area contributed by atoms with Gasteiger partial charge in [-0.15, -0.1) is 12.4 Å². The van der Waals surface area contributed by atoms with Crippen molar-refractivity contribution in [1.82, 2.24) is 4.57 Å². The van der Waals surface area contributed by atoms with Crippen molar-refractivity contribution in [3.8, 4) is 0 Å². The summed E-state index contributed by atoms with van der Waals surface area (Å²) in [6.07, 6.45) is 1.55. The highest BCUT2D eigenvalue weighted by molar-refractivity contribution is 6.30. The number of benzene rings is 1. The lowest BCUT2D eigenvalue weighted by Crippen LogP contribution is -2.31. The molecule has 1 aromatic heterocycles. The maximum Gasteiger partial charge on any atom is 0.252 e. The SMILES string of the molecule is CC(c1ccc(F)cc1)n1cc(Cl)cc(C(N)=O)c1=N.Cl. The minimum atomic E-state index is -0.711. The third kappa shape index (κ3) is 3.62. The Balaban J connectivity index is 0.00000220. The summed E-state index contributed by atoms with van der Waals surface area (Å²) in [4.78, 5) is 11.3. The molecule has 0 radical (unpaired) electrons. The summed E-state index contributed by atoms with van der Waals surface area (Å²) in [6, 6.07) is 7.01. The van der Waals surface area contributed by atoms with Crippen molar-refractivity contribution in [2.75, 3.05) is 0 Å². The fraction of sp³-hybridized carbons (Fsp3) is 0.143. The highest BCUT2D eigenvalue weighted by Gasteiger charge is 2.13. The number of hydrogen-bond donors (Lipinski definition) is 2. The first-order valence-electron chi connectivity index (χ1n) is 5.91. The zero-order valence-corrected chi connectivity index (χ0v) is 12.7. The Labute approximate surface area is 132 Å². The van der Waals surface area contributed by atoms with E-state index in [2.05, 4.69) is 0 Å². The quantitative estimate of drug-likeness (QED) is 0.892. The summed E-state index contributed by atoms with van der Waals surface area (Å²) in [5.41, 5.74) is 6.04. The summed E-state index contributed by atoms with van der Waals surface area (Å²) in [5, 5.41) is 8.33. The van der Waals surface area contributed by atoms with E-state index in [0.29, 0.717) is 5.02 Å². The lowest BCUT2D eigenvalue weighted by molar-refractivity contribution is 0.0997. The van der Waals surface area contributed by atoms with Gasteiger partial charge in [0, 0.05) is 6.20 Å². The van der Waals surface area contributed by atoms with E-state index >= 15 is 0 Å². The standard InChI is InChI=1S/C14H13ClFN3O.ClH/c1-8(9-2-4-11(16)5-3-9)19-7-10(15)6-12(13(19)17)14(18)20;/h2-8,17H,1H3,(H2,18,20);1H. The summed E-state index contributed by atoms with van der Waals surface area (Å²) in [7, 11) is 0. The van der Waals surface area contributed by atoms with Crippen LogP contribution in [0.5, 0.6) is 0 Å². The number of carbonyl (C=O) groups excluding carboxylic acids is 1. The molecule has 2 aromatic rings. The van der Waals surface area contributed by atoms with Crippen LogP contribution in [0.3, 0.4) is 0 Å². The fourth-order valence-corrected chi connectivity index (χ4v) is 2.19. The number of hydrogen-bond acceptors (Lipinski definition) is 2. The molecule has 1 heterocycles. The van der Waals surface area contributed by atoms with Gasteiger partial charge in [0.05, 0.1) is 16.6 Å². The van der Waals surface area contributed by atoms with Crippen molar-refractivity contribution in [1.29, 1.82) is 5.41 Å². The number of halogens is 3. The van der Waals surface area contributed by atoms with E-state index < -0.39 is 5.91 Å². The molecule has 0 aliphatic rings.